The molecule has 0 fully saturated rings. The fourth-order valence-corrected chi connectivity index (χ4v) is 1.73. The van der Waals surface area contributed by atoms with Gasteiger partial charge in [-0.3, -0.25) is 0 Å². The average Bonchev–Trinajstić information content (AvgIpc) is 2.31. The highest BCUT2D eigenvalue weighted by molar-refractivity contribution is 6.29. The maximum Gasteiger partial charge on any atom is 0.129 e. The summed E-state index contributed by atoms with van der Waals surface area (Å²) in [6.07, 6.45) is 1.56. The first-order valence-electron chi connectivity index (χ1n) is 5.38. The Morgan fingerprint density at radius 3 is 2.39 bits per heavy atom. The minimum atomic E-state index is -0.590. The third-order valence-electron chi connectivity index (χ3n) is 2.50. The van der Waals surface area contributed by atoms with Crippen molar-refractivity contribution in [3.63, 3.8) is 0 Å². The lowest BCUT2D eigenvalue weighted by Gasteiger charge is -2.15. The number of anilines is 1. The molecule has 1 N–H and O–H groups in total. The Bertz CT molecular complexity index is 523. The maximum absolute atomic E-state index is 13.1. The number of hydrogen-bond acceptors (Lipinski definition) is 2. The Balaban J connectivity index is 2.16. The van der Waals surface area contributed by atoms with Crippen LogP contribution in [-0.2, 0) is 0 Å². The van der Waals surface area contributed by atoms with Gasteiger partial charge in [-0.1, -0.05) is 11.6 Å². The van der Waals surface area contributed by atoms with Crippen LogP contribution < -0.4 is 5.32 Å². The zero-order chi connectivity index (χ0) is 13.1. The van der Waals surface area contributed by atoms with Gasteiger partial charge < -0.3 is 5.32 Å². The van der Waals surface area contributed by atoms with Gasteiger partial charge in [0.15, 0.2) is 0 Å². The fraction of sp³-hybridized carbons (Fsp3) is 0.154. The van der Waals surface area contributed by atoms with Crippen molar-refractivity contribution in [3.05, 3.63) is 58.9 Å². The Labute approximate surface area is 109 Å². The number of halogens is 3. The monoisotopic (exact) mass is 268 g/mol. The van der Waals surface area contributed by atoms with E-state index in [0.29, 0.717) is 10.7 Å². The minimum Gasteiger partial charge on any atom is -0.377 e. The zero-order valence-electron chi connectivity index (χ0n) is 9.62. The van der Waals surface area contributed by atoms with Gasteiger partial charge in [0, 0.05) is 12.1 Å². The fourth-order valence-electron chi connectivity index (χ4n) is 1.62. The SMILES string of the molecule is CC(Nc1ccc(Cl)nc1)c1cc(F)cc(F)c1. The first kappa shape index (κ1) is 12.8. The van der Waals surface area contributed by atoms with Crippen molar-refractivity contribution in [2.24, 2.45) is 0 Å². The molecule has 1 aromatic heterocycles. The van der Waals surface area contributed by atoms with Gasteiger partial charge in [-0.05, 0) is 36.8 Å². The summed E-state index contributed by atoms with van der Waals surface area (Å²) in [6, 6.07) is 6.59. The van der Waals surface area contributed by atoms with Crippen LogP contribution in [0.3, 0.4) is 0 Å². The van der Waals surface area contributed by atoms with Crippen molar-refractivity contribution in [1.29, 1.82) is 0 Å². The van der Waals surface area contributed by atoms with Crippen molar-refractivity contribution in [2.45, 2.75) is 13.0 Å². The predicted octanol–water partition coefficient (Wildman–Crippen LogP) is 4.19. The third kappa shape index (κ3) is 3.17. The van der Waals surface area contributed by atoms with Crippen LogP contribution in [0.2, 0.25) is 5.15 Å². The molecule has 2 rings (SSSR count). The number of benzene rings is 1. The number of nitrogens with zero attached hydrogens (tertiary/aromatic N) is 1. The first-order chi connectivity index (χ1) is 8.54. The van der Waals surface area contributed by atoms with E-state index in [0.717, 1.165) is 11.8 Å². The Hall–Kier alpha value is -1.68. The standard InChI is InChI=1S/C13H11ClF2N2/c1-8(9-4-10(15)6-11(16)5-9)18-12-2-3-13(14)17-7-12/h2-8,18H,1H3. The molecule has 0 bridgehead atoms. The summed E-state index contributed by atoms with van der Waals surface area (Å²) < 4.78 is 26.2. The smallest absolute Gasteiger partial charge is 0.129 e. The van der Waals surface area contributed by atoms with Crippen LogP contribution in [0.4, 0.5) is 14.5 Å². The molecule has 1 atom stereocenters. The lowest BCUT2D eigenvalue weighted by atomic mass is 10.1. The van der Waals surface area contributed by atoms with Gasteiger partial charge in [0.05, 0.1) is 11.9 Å². The van der Waals surface area contributed by atoms with Gasteiger partial charge in [-0.15, -0.1) is 0 Å². The molecule has 5 heteroatoms. The molecule has 1 heterocycles. The Morgan fingerprint density at radius 1 is 1.17 bits per heavy atom. The van der Waals surface area contributed by atoms with Crippen LogP contribution in [0.1, 0.15) is 18.5 Å². The summed E-state index contributed by atoms with van der Waals surface area (Å²) in [6.45, 7) is 1.81. The van der Waals surface area contributed by atoms with Gasteiger partial charge in [0.25, 0.3) is 0 Å². The summed E-state index contributed by atoms with van der Waals surface area (Å²) in [7, 11) is 0. The van der Waals surface area contributed by atoms with Crippen molar-refractivity contribution in [1.82, 2.24) is 4.98 Å². The summed E-state index contributed by atoms with van der Waals surface area (Å²) in [5.41, 5.74) is 1.26. The van der Waals surface area contributed by atoms with Gasteiger partial charge in [-0.2, -0.15) is 0 Å². The molecule has 0 saturated heterocycles. The molecular weight excluding hydrogens is 258 g/mol. The average molecular weight is 269 g/mol. The Kier molecular flexibility index (Phi) is 3.77. The van der Waals surface area contributed by atoms with Gasteiger partial charge in [0.1, 0.15) is 16.8 Å². The quantitative estimate of drug-likeness (QED) is 0.845. The highest BCUT2D eigenvalue weighted by Crippen LogP contribution is 2.21. The number of pyridine rings is 1. The highest BCUT2D eigenvalue weighted by Gasteiger charge is 2.08. The van der Waals surface area contributed by atoms with Crippen LogP contribution in [0.5, 0.6) is 0 Å². The van der Waals surface area contributed by atoms with Crippen molar-refractivity contribution < 1.29 is 8.78 Å². The molecule has 2 aromatic rings. The molecule has 1 unspecified atom stereocenters. The molecule has 0 aliphatic rings. The number of nitrogens with one attached hydrogen (secondary N) is 1. The predicted molar refractivity (Wildman–Crippen MR) is 67.6 cm³/mol. The number of rotatable bonds is 3. The molecule has 0 spiro atoms. The molecule has 18 heavy (non-hydrogen) atoms. The van der Waals surface area contributed by atoms with Gasteiger partial charge in [-0.25, -0.2) is 13.8 Å². The molecule has 0 amide bonds. The molecular formula is C13H11ClF2N2. The number of hydrogen-bond donors (Lipinski definition) is 1. The van der Waals surface area contributed by atoms with Crippen LogP contribution in [0, 0.1) is 11.6 Å². The van der Waals surface area contributed by atoms with E-state index in [9.17, 15) is 8.78 Å². The summed E-state index contributed by atoms with van der Waals surface area (Å²) in [5.74, 6) is -1.18. The minimum absolute atomic E-state index is 0.238. The highest BCUT2D eigenvalue weighted by atomic mass is 35.5. The van der Waals surface area contributed by atoms with E-state index in [1.165, 1.54) is 12.1 Å². The molecule has 94 valence electrons. The van der Waals surface area contributed by atoms with Crippen LogP contribution in [0.25, 0.3) is 0 Å². The van der Waals surface area contributed by atoms with E-state index >= 15 is 0 Å². The summed E-state index contributed by atoms with van der Waals surface area (Å²) >= 11 is 5.67. The van der Waals surface area contributed by atoms with E-state index in [1.807, 2.05) is 6.92 Å². The van der Waals surface area contributed by atoms with Crippen LogP contribution in [0.15, 0.2) is 36.5 Å². The first-order valence-corrected chi connectivity index (χ1v) is 5.76. The van der Waals surface area contributed by atoms with Crippen molar-refractivity contribution >= 4 is 17.3 Å². The maximum atomic E-state index is 13.1. The van der Waals surface area contributed by atoms with E-state index in [-0.39, 0.29) is 6.04 Å². The van der Waals surface area contributed by atoms with E-state index in [1.54, 1.807) is 18.3 Å². The lowest BCUT2D eigenvalue weighted by molar-refractivity contribution is 0.577. The van der Waals surface area contributed by atoms with Crippen molar-refractivity contribution in [3.8, 4) is 0 Å². The van der Waals surface area contributed by atoms with E-state index < -0.39 is 11.6 Å². The largest absolute Gasteiger partial charge is 0.377 e. The zero-order valence-corrected chi connectivity index (χ0v) is 10.4. The normalized spacial score (nSPS) is 12.2. The molecule has 2 nitrogen and oxygen atoms in total. The Morgan fingerprint density at radius 2 is 1.83 bits per heavy atom. The molecule has 0 saturated carbocycles. The van der Waals surface area contributed by atoms with Gasteiger partial charge in [0.2, 0.25) is 0 Å². The summed E-state index contributed by atoms with van der Waals surface area (Å²) in [4.78, 5) is 3.92. The summed E-state index contributed by atoms with van der Waals surface area (Å²) in [5, 5.41) is 3.48. The molecule has 0 radical (unpaired) electrons. The second-order valence-corrected chi connectivity index (χ2v) is 4.33. The second-order valence-electron chi connectivity index (χ2n) is 3.94. The lowest BCUT2D eigenvalue weighted by Crippen LogP contribution is -2.07. The van der Waals surface area contributed by atoms with E-state index in [2.05, 4.69) is 10.3 Å². The van der Waals surface area contributed by atoms with E-state index in [4.69, 9.17) is 11.6 Å². The van der Waals surface area contributed by atoms with Gasteiger partial charge >= 0.3 is 0 Å². The molecule has 1 aromatic carbocycles. The number of aromatic nitrogens is 1. The molecule has 0 aliphatic heterocycles. The van der Waals surface area contributed by atoms with Crippen LogP contribution >= 0.6 is 11.6 Å². The third-order valence-corrected chi connectivity index (χ3v) is 2.72. The molecule has 0 aliphatic carbocycles. The topological polar surface area (TPSA) is 24.9 Å². The van der Waals surface area contributed by atoms with Crippen molar-refractivity contribution in [2.75, 3.05) is 5.32 Å². The van der Waals surface area contributed by atoms with Crippen LogP contribution in [-0.4, -0.2) is 4.98 Å². The second kappa shape index (κ2) is 5.31.